The number of pyridine rings is 1. The quantitative estimate of drug-likeness (QED) is 0.362. The lowest BCUT2D eigenvalue weighted by Crippen LogP contribution is -2.06. The van der Waals surface area contributed by atoms with E-state index in [0.717, 1.165) is 65.9 Å². The number of aromatic nitrogens is 1. The van der Waals surface area contributed by atoms with Crippen LogP contribution < -0.4 is 4.74 Å². The third-order valence-electron chi connectivity index (χ3n) is 4.86. The number of hydrogen-bond acceptors (Lipinski definition) is 4. The summed E-state index contributed by atoms with van der Waals surface area (Å²) < 4.78 is 17.7. The number of benzene rings is 2. The molecule has 1 aromatic heterocycles. The number of unbranched alkanes of at least 4 members (excludes halogenated alkanes) is 1. The molecule has 0 fully saturated rings. The Labute approximate surface area is 173 Å². The number of ether oxygens (including phenoxy) is 3. The van der Waals surface area contributed by atoms with E-state index in [1.807, 2.05) is 36.4 Å². The van der Waals surface area contributed by atoms with Gasteiger partial charge < -0.3 is 14.2 Å². The van der Waals surface area contributed by atoms with Crippen LogP contribution in [0.25, 0.3) is 10.9 Å². The molecule has 0 radical (unpaired) electrons. The highest BCUT2D eigenvalue weighted by Gasteiger charge is 2.13. The normalized spacial score (nSPS) is 11.1. The maximum atomic E-state index is 6.24. The number of nitrogens with zero attached hydrogens (tertiary/aromatic N) is 1. The van der Waals surface area contributed by atoms with E-state index in [-0.39, 0.29) is 0 Å². The molecular formula is C25H31NO3. The maximum absolute atomic E-state index is 6.24. The second kappa shape index (κ2) is 11.5. The summed E-state index contributed by atoms with van der Waals surface area (Å²) in [5.41, 5.74) is 4.05. The molecule has 0 aliphatic heterocycles. The Morgan fingerprint density at radius 2 is 1.52 bits per heavy atom. The summed E-state index contributed by atoms with van der Waals surface area (Å²) >= 11 is 0. The summed E-state index contributed by atoms with van der Waals surface area (Å²) in [5.74, 6) is 0.890. The zero-order valence-electron chi connectivity index (χ0n) is 17.5. The van der Waals surface area contributed by atoms with Gasteiger partial charge in [0.2, 0.25) is 0 Å². The third-order valence-corrected chi connectivity index (χ3v) is 4.86. The lowest BCUT2D eigenvalue weighted by molar-refractivity contribution is 0.0733. The van der Waals surface area contributed by atoms with Gasteiger partial charge in [-0.15, -0.1) is 0 Å². The van der Waals surface area contributed by atoms with Gasteiger partial charge in [-0.2, -0.15) is 0 Å². The van der Waals surface area contributed by atoms with Crippen LogP contribution in [-0.2, 0) is 22.7 Å². The molecule has 4 heteroatoms. The van der Waals surface area contributed by atoms with E-state index >= 15 is 0 Å². The lowest BCUT2D eigenvalue weighted by Gasteiger charge is -2.16. The minimum absolute atomic E-state index is 0.479. The van der Waals surface area contributed by atoms with E-state index in [4.69, 9.17) is 19.2 Å². The third kappa shape index (κ3) is 6.28. The van der Waals surface area contributed by atoms with Gasteiger partial charge in [0.1, 0.15) is 12.4 Å². The number of rotatable bonds is 12. The molecule has 0 aliphatic carbocycles. The van der Waals surface area contributed by atoms with Crippen molar-refractivity contribution in [3.8, 4) is 5.75 Å². The van der Waals surface area contributed by atoms with E-state index in [9.17, 15) is 0 Å². The molecule has 3 aromatic rings. The van der Waals surface area contributed by atoms with Crippen molar-refractivity contribution >= 4 is 10.9 Å². The molecule has 2 aromatic carbocycles. The molecule has 0 saturated heterocycles. The molecule has 0 unspecified atom stereocenters. The molecule has 0 bridgehead atoms. The largest absolute Gasteiger partial charge is 0.488 e. The summed E-state index contributed by atoms with van der Waals surface area (Å²) in [6, 6.07) is 18.3. The van der Waals surface area contributed by atoms with Crippen LogP contribution in [0.5, 0.6) is 5.75 Å². The molecule has 3 rings (SSSR count). The van der Waals surface area contributed by atoms with Crippen LogP contribution in [0.3, 0.4) is 0 Å². The maximum Gasteiger partial charge on any atom is 0.134 e. The highest BCUT2D eigenvalue weighted by Crippen LogP contribution is 2.31. The SMILES string of the molecule is CCCCOCCCOCc1nc2ccccc2c(OCc2ccccc2)c1C. The first kappa shape index (κ1) is 21.3. The van der Waals surface area contributed by atoms with Crippen LogP contribution in [-0.4, -0.2) is 24.8 Å². The first-order valence-electron chi connectivity index (χ1n) is 10.5. The van der Waals surface area contributed by atoms with Gasteiger partial charge in [-0.3, -0.25) is 0 Å². The molecular weight excluding hydrogens is 362 g/mol. The predicted molar refractivity (Wildman–Crippen MR) is 117 cm³/mol. The van der Waals surface area contributed by atoms with Crippen LogP contribution >= 0.6 is 0 Å². The summed E-state index contributed by atoms with van der Waals surface area (Å²) in [7, 11) is 0. The first-order valence-corrected chi connectivity index (χ1v) is 10.5. The monoisotopic (exact) mass is 393 g/mol. The Bertz CT molecular complexity index is 880. The van der Waals surface area contributed by atoms with Crippen molar-refractivity contribution < 1.29 is 14.2 Å². The zero-order valence-corrected chi connectivity index (χ0v) is 17.5. The van der Waals surface area contributed by atoms with Crippen molar-refractivity contribution in [2.75, 3.05) is 19.8 Å². The van der Waals surface area contributed by atoms with E-state index in [2.05, 4.69) is 32.0 Å². The topological polar surface area (TPSA) is 40.6 Å². The molecule has 1 heterocycles. The Morgan fingerprint density at radius 3 is 2.34 bits per heavy atom. The Morgan fingerprint density at radius 1 is 0.793 bits per heavy atom. The first-order chi connectivity index (χ1) is 14.3. The number of para-hydroxylation sites is 1. The lowest BCUT2D eigenvalue weighted by atomic mass is 10.1. The minimum atomic E-state index is 0.479. The van der Waals surface area contributed by atoms with Crippen molar-refractivity contribution in [3.63, 3.8) is 0 Å². The van der Waals surface area contributed by atoms with Crippen LogP contribution in [0.15, 0.2) is 54.6 Å². The van der Waals surface area contributed by atoms with Gasteiger partial charge in [-0.1, -0.05) is 55.8 Å². The van der Waals surface area contributed by atoms with Gasteiger partial charge in [0.05, 0.1) is 17.8 Å². The van der Waals surface area contributed by atoms with Crippen molar-refractivity contribution in [2.24, 2.45) is 0 Å². The smallest absolute Gasteiger partial charge is 0.134 e. The molecule has 0 aliphatic rings. The molecule has 4 nitrogen and oxygen atoms in total. The van der Waals surface area contributed by atoms with Crippen molar-refractivity contribution in [1.29, 1.82) is 0 Å². The zero-order chi connectivity index (χ0) is 20.3. The standard InChI is InChI=1S/C25H31NO3/c1-3-4-15-27-16-10-17-28-19-24-20(2)25(22-13-8-9-14-23(22)26-24)29-18-21-11-6-5-7-12-21/h5-9,11-14H,3-4,10,15-19H2,1-2H3. The van der Waals surface area contributed by atoms with Crippen molar-refractivity contribution in [3.05, 3.63) is 71.4 Å². The second-order valence-corrected chi connectivity index (χ2v) is 7.18. The molecule has 0 amide bonds. The van der Waals surface area contributed by atoms with Crippen LogP contribution in [0.1, 0.15) is 43.0 Å². The number of hydrogen-bond donors (Lipinski definition) is 0. The van der Waals surface area contributed by atoms with Crippen LogP contribution in [0, 0.1) is 6.92 Å². The fourth-order valence-corrected chi connectivity index (χ4v) is 3.16. The van der Waals surface area contributed by atoms with Gasteiger partial charge >= 0.3 is 0 Å². The van der Waals surface area contributed by atoms with Crippen molar-refractivity contribution in [2.45, 2.75) is 46.3 Å². The van der Waals surface area contributed by atoms with E-state index in [1.54, 1.807) is 0 Å². The van der Waals surface area contributed by atoms with E-state index in [0.29, 0.717) is 19.8 Å². The molecule has 29 heavy (non-hydrogen) atoms. The second-order valence-electron chi connectivity index (χ2n) is 7.18. The summed E-state index contributed by atoms with van der Waals surface area (Å²) in [4.78, 5) is 4.81. The van der Waals surface area contributed by atoms with Gasteiger partial charge in [-0.05, 0) is 37.5 Å². The van der Waals surface area contributed by atoms with E-state index in [1.165, 1.54) is 0 Å². The minimum Gasteiger partial charge on any atom is -0.488 e. The predicted octanol–water partition coefficient (Wildman–Crippen LogP) is 5.85. The molecule has 0 atom stereocenters. The number of fused-ring (bicyclic) bond motifs is 1. The fourth-order valence-electron chi connectivity index (χ4n) is 3.16. The molecule has 0 N–H and O–H groups in total. The van der Waals surface area contributed by atoms with E-state index < -0.39 is 0 Å². The Kier molecular flexibility index (Phi) is 8.47. The van der Waals surface area contributed by atoms with Crippen LogP contribution in [0.2, 0.25) is 0 Å². The average molecular weight is 394 g/mol. The van der Waals surface area contributed by atoms with Gasteiger partial charge in [0.25, 0.3) is 0 Å². The fraction of sp³-hybridized carbons (Fsp3) is 0.400. The highest BCUT2D eigenvalue weighted by atomic mass is 16.5. The van der Waals surface area contributed by atoms with Gasteiger partial charge in [-0.25, -0.2) is 4.98 Å². The Hall–Kier alpha value is -2.43. The van der Waals surface area contributed by atoms with Gasteiger partial charge in [0.15, 0.2) is 0 Å². The molecule has 154 valence electrons. The summed E-state index contributed by atoms with van der Waals surface area (Å²) in [6.07, 6.45) is 3.18. The summed E-state index contributed by atoms with van der Waals surface area (Å²) in [5, 5.41) is 1.04. The van der Waals surface area contributed by atoms with Crippen molar-refractivity contribution in [1.82, 2.24) is 4.98 Å². The molecule has 0 spiro atoms. The highest BCUT2D eigenvalue weighted by molar-refractivity contribution is 5.86. The van der Waals surface area contributed by atoms with Gasteiger partial charge in [0, 0.05) is 30.8 Å². The Balaban J connectivity index is 1.64. The van der Waals surface area contributed by atoms with Crippen LogP contribution in [0.4, 0.5) is 0 Å². The molecule has 0 saturated carbocycles. The average Bonchev–Trinajstić information content (AvgIpc) is 2.76. The summed E-state index contributed by atoms with van der Waals surface area (Å²) in [6.45, 7) is 7.49.